The lowest BCUT2D eigenvalue weighted by atomic mass is 10.0. The zero-order valence-corrected chi connectivity index (χ0v) is 21.4. The van der Waals surface area contributed by atoms with E-state index in [2.05, 4.69) is 46.5 Å². The highest BCUT2D eigenvalue weighted by Crippen LogP contribution is 2.22. The number of guanidine groups is 1. The van der Waals surface area contributed by atoms with Crippen molar-refractivity contribution in [3.05, 3.63) is 35.4 Å². The molecule has 2 heterocycles. The molecule has 0 radical (unpaired) electrons. The van der Waals surface area contributed by atoms with Crippen LogP contribution in [0.1, 0.15) is 37.8 Å². The van der Waals surface area contributed by atoms with Crippen LogP contribution in [-0.2, 0) is 22.6 Å². The minimum absolute atomic E-state index is 0. The Labute approximate surface area is 204 Å². The highest BCUT2D eigenvalue weighted by molar-refractivity contribution is 14.0. The monoisotopic (exact) mass is 543 g/mol. The van der Waals surface area contributed by atoms with E-state index in [1.54, 1.807) is 7.05 Å². The predicted molar refractivity (Wildman–Crippen MR) is 136 cm³/mol. The average Bonchev–Trinajstić information content (AvgIpc) is 3.20. The molecular weight excluding hydrogens is 505 g/mol. The van der Waals surface area contributed by atoms with Gasteiger partial charge in [-0.2, -0.15) is 0 Å². The summed E-state index contributed by atoms with van der Waals surface area (Å²) in [6.07, 6.45) is 1.35. The summed E-state index contributed by atoms with van der Waals surface area (Å²) in [6.45, 7) is 11.2. The number of carbonyl (C=O) groups is 1. The maximum Gasteiger partial charge on any atom is 0.223 e. The summed E-state index contributed by atoms with van der Waals surface area (Å²) < 4.78 is 5.49. The Kier molecular flexibility index (Phi) is 11.0. The minimum atomic E-state index is 0. The normalized spacial score (nSPS) is 17.8. The number of hydrogen-bond donors (Lipinski definition) is 2. The maximum absolute atomic E-state index is 12.5. The van der Waals surface area contributed by atoms with Crippen LogP contribution < -0.4 is 10.6 Å². The second kappa shape index (κ2) is 13.2. The van der Waals surface area contributed by atoms with E-state index in [-0.39, 0.29) is 29.9 Å². The van der Waals surface area contributed by atoms with Crippen molar-refractivity contribution < 1.29 is 9.53 Å². The van der Waals surface area contributed by atoms with E-state index < -0.39 is 0 Å². The molecule has 0 aromatic heterocycles. The number of nitrogens with one attached hydrogen (secondary N) is 2. The van der Waals surface area contributed by atoms with Crippen molar-refractivity contribution in [1.29, 1.82) is 0 Å². The van der Waals surface area contributed by atoms with Crippen molar-refractivity contribution in [1.82, 2.24) is 20.4 Å². The standard InChI is InChI=1S/C23H37N5O2.HI/c1-18(2)21(27-11-13-30-14-12-27)15-26-23(24-3)25-10-6-9-22(29)28-16-19-7-4-5-8-20(19)17-28;/h4-5,7-8,18,21H,6,9-17H2,1-3H3,(H2,24,25,26);1H. The lowest BCUT2D eigenvalue weighted by Crippen LogP contribution is -2.52. The molecule has 1 aromatic rings. The molecule has 3 rings (SSSR count). The van der Waals surface area contributed by atoms with Crippen molar-refractivity contribution >= 4 is 35.8 Å². The molecule has 1 saturated heterocycles. The van der Waals surface area contributed by atoms with Gasteiger partial charge in [0.1, 0.15) is 0 Å². The van der Waals surface area contributed by atoms with E-state index in [1.165, 1.54) is 11.1 Å². The summed E-state index contributed by atoms with van der Waals surface area (Å²) >= 11 is 0. The molecule has 0 aliphatic carbocycles. The first-order valence-electron chi connectivity index (χ1n) is 11.2. The van der Waals surface area contributed by atoms with Crippen molar-refractivity contribution in [2.45, 2.75) is 45.8 Å². The molecular formula is C23H38IN5O2. The van der Waals surface area contributed by atoms with Gasteiger partial charge in [-0.25, -0.2) is 0 Å². The Morgan fingerprint density at radius 2 is 1.77 bits per heavy atom. The summed E-state index contributed by atoms with van der Waals surface area (Å²) in [4.78, 5) is 21.3. The quantitative estimate of drug-likeness (QED) is 0.228. The number of halogens is 1. The van der Waals surface area contributed by atoms with E-state index in [0.717, 1.165) is 64.9 Å². The molecule has 1 aromatic carbocycles. The molecule has 7 nitrogen and oxygen atoms in total. The van der Waals surface area contributed by atoms with Crippen molar-refractivity contribution in [3.63, 3.8) is 0 Å². The van der Waals surface area contributed by atoms with Crippen molar-refractivity contribution in [2.24, 2.45) is 10.9 Å². The third-order valence-electron chi connectivity index (χ3n) is 6.04. The minimum Gasteiger partial charge on any atom is -0.379 e. The van der Waals surface area contributed by atoms with Gasteiger partial charge in [0.2, 0.25) is 5.91 Å². The Bertz CT molecular complexity index is 697. The number of ether oxygens (including phenoxy) is 1. The lowest BCUT2D eigenvalue weighted by Gasteiger charge is -2.37. The first-order chi connectivity index (χ1) is 14.6. The second-order valence-electron chi connectivity index (χ2n) is 8.46. The largest absolute Gasteiger partial charge is 0.379 e. The number of fused-ring (bicyclic) bond motifs is 1. The maximum atomic E-state index is 12.5. The molecule has 31 heavy (non-hydrogen) atoms. The molecule has 2 aliphatic heterocycles. The van der Waals surface area contributed by atoms with Gasteiger partial charge in [-0.05, 0) is 23.5 Å². The number of carbonyl (C=O) groups excluding carboxylic acids is 1. The number of morpholine rings is 1. The number of benzene rings is 1. The van der Waals surface area contributed by atoms with Gasteiger partial charge >= 0.3 is 0 Å². The zero-order chi connectivity index (χ0) is 21.3. The highest BCUT2D eigenvalue weighted by Gasteiger charge is 2.24. The fraction of sp³-hybridized carbons (Fsp3) is 0.652. The van der Waals surface area contributed by atoms with Gasteiger partial charge in [-0.1, -0.05) is 38.1 Å². The Hall–Kier alpha value is -1.39. The molecule has 0 bridgehead atoms. The van der Waals surface area contributed by atoms with Crippen molar-refractivity contribution in [3.8, 4) is 0 Å². The highest BCUT2D eigenvalue weighted by atomic mass is 127. The Morgan fingerprint density at radius 3 is 2.35 bits per heavy atom. The molecule has 2 aliphatic rings. The van der Waals surface area contributed by atoms with Crippen molar-refractivity contribution in [2.75, 3.05) is 46.4 Å². The molecule has 0 saturated carbocycles. The molecule has 2 N–H and O–H groups in total. The molecule has 174 valence electrons. The molecule has 1 amide bonds. The third kappa shape index (κ3) is 7.61. The van der Waals surface area contributed by atoms with E-state index >= 15 is 0 Å². The Morgan fingerprint density at radius 1 is 1.13 bits per heavy atom. The first kappa shape index (κ1) is 25.9. The fourth-order valence-electron chi connectivity index (χ4n) is 4.23. The van der Waals surface area contributed by atoms with Crippen LogP contribution in [0.25, 0.3) is 0 Å². The van der Waals surface area contributed by atoms with Gasteiger partial charge in [0, 0.05) is 58.8 Å². The van der Waals surface area contributed by atoms with Crippen LogP contribution in [0.15, 0.2) is 29.3 Å². The van der Waals surface area contributed by atoms with Gasteiger partial charge in [0.05, 0.1) is 13.2 Å². The topological polar surface area (TPSA) is 69.2 Å². The molecule has 8 heteroatoms. The van der Waals surface area contributed by atoms with Crippen LogP contribution >= 0.6 is 24.0 Å². The molecule has 1 unspecified atom stereocenters. The van der Waals surface area contributed by atoms with Gasteiger partial charge < -0.3 is 20.3 Å². The van der Waals surface area contributed by atoms with Gasteiger partial charge in [0.25, 0.3) is 0 Å². The smallest absolute Gasteiger partial charge is 0.223 e. The third-order valence-corrected chi connectivity index (χ3v) is 6.04. The second-order valence-corrected chi connectivity index (χ2v) is 8.46. The number of rotatable bonds is 8. The van der Waals surface area contributed by atoms with E-state index in [4.69, 9.17) is 4.74 Å². The fourth-order valence-corrected chi connectivity index (χ4v) is 4.23. The Balaban J connectivity index is 0.00000341. The predicted octanol–water partition coefficient (Wildman–Crippen LogP) is 2.45. The SMILES string of the molecule is CN=C(NCCCC(=O)N1Cc2ccccc2C1)NCC(C(C)C)N1CCOCC1.I. The molecule has 1 fully saturated rings. The summed E-state index contributed by atoms with van der Waals surface area (Å²) in [5.41, 5.74) is 2.54. The zero-order valence-electron chi connectivity index (χ0n) is 19.1. The average molecular weight is 543 g/mol. The first-order valence-corrected chi connectivity index (χ1v) is 11.2. The van der Waals surface area contributed by atoms with E-state index in [9.17, 15) is 4.79 Å². The summed E-state index contributed by atoms with van der Waals surface area (Å²) in [5, 5.41) is 6.82. The van der Waals surface area contributed by atoms with Gasteiger partial charge in [-0.15, -0.1) is 24.0 Å². The molecule has 0 spiro atoms. The summed E-state index contributed by atoms with van der Waals surface area (Å²) in [5.74, 6) is 1.58. The van der Waals surface area contributed by atoms with Crippen LogP contribution in [0.5, 0.6) is 0 Å². The van der Waals surface area contributed by atoms with Crippen LogP contribution in [0.3, 0.4) is 0 Å². The van der Waals surface area contributed by atoms with Crippen LogP contribution in [0.2, 0.25) is 0 Å². The number of nitrogens with zero attached hydrogens (tertiary/aromatic N) is 3. The van der Waals surface area contributed by atoms with Crippen LogP contribution in [0.4, 0.5) is 0 Å². The summed E-state index contributed by atoms with van der Waals surface area (Å²) in [7, 11) is 1.79. The van der Waals surface area contributed by atoms with Gasteiger partial charge in [-0.3, -0.25) is 14.7 Å². The number of hydrogen-bond acceptors (Lipinski definition) is 4. The number of amides is 1. The van der Waals surface area contributed by atoms with Gasteiger partial charge in [0.15, 0.2) is 5.96 Å². The van der Waals surface area contributed by atoms with Crippen LogP contribution in [-0.4, -0.2) is 74.1 Å². The van der Waals surface area contributed by atoms with Crippen LogP contribution in [0, 0.1) is 5.92 Å². The number of aliphatic imine (C=N–C) groups is 1. The summed E-state index contributed by atoms with van der Waals surface area (Å²) in [6, 6.07) is 8.75. The van der Waals surface area contributed by atoms with E-state index in [1.807, 2.05) is 17.0 Å². The molecule has 1 atom stereocenters. The lowest BCUT2D eigenvalue weighted by molar-refractivity contribution is -0.131. The van der Waals surface area contributed by atoms with E-state index in [0.29, 0.717) is 18.4 Å².